The zero-order valence-corrected chi connectivity index (χ0v) is 8.80. The Morgan fingerprint density at radius 1 is 1.29 bits per heavy atom. The molecule has 0 unspecified atom stereocenters. The van der Waals surface area contributed by atoms with Crippen molar-refractivity contribution in [2.45, 2.75) is 19.6 Å². The van der Waals surface area contributed by atoms with Gasteiger partial charge in [-0.15, -0.1) is 0 Å². The second-order valence-electron chi connectivity index (χ2n) is 3.32. The Bertz CT molecular complexity index is 448. The highest BCUT2D eigenvalue weighted by atomic mass is 32.2. The third-order valence-electron chi connectivity index (χ3n) is 1.86. The molecule has 0 saturated heterocycles. The number of phenolic OH excluding ortho intramolecular Hbond substituents is 1. The molecular weight excluding hydrogens is 204 g/mol. The van der Waals surface area contributed by atoms with Gasteiger partial charge in [0.05, 0.1) is 0 Å². The van der Waals surface area contributed by atoms with E-state index < -0.39 is 15.9 Å². The second-order valence-corrected chi connectivity index (χ2v) is 4.77. The lowest BCUT2D eigenvalue weighted by Crippen LogP contribution is -2.02. The molecule has 0 radical (unpaired) electrons. The van der Waals surface area contributed by atoms with Crippen molar-refractivity contribution in [2.24, 2.45) is 0 Å². The summed E-state index contributed by atoms with van der Waals surface area (Å²) in [5.74, 6) is -0.630. The third kappa shape index (κ3) is 2.71. The molecule has 0 heterocycles. The van der Waals surface area contributed by atoms with Gasteiger partial charge in [0.2, 0.25) is 0 Å². The molecule has 0 saturated carbocycles. The van der Waals surface area contributed by atoms with E-state index in [-0.39, 0.29) is 11.3 Å². The van der Waals surface area contributed by atoms with Gasteiger partial charge < -0.3 is 5.11 Å². The van der Waals surface area contributed by atoms with Crippen LogP contribution < -0.4 is 0 Å². The monoisotopic (exact) mass is 216 g/mol. The van der Waals surface area contributed by atoms with Gasteiger partial charge in [-0.05, 0) is 19.4 Å². The van der Waals surface area contributed by atoms with Crippen molar-refractivity contribution in [3.05, 3.63) is 28.8 Å². The molecule has 1 aromatic rings. The first-order valence-electron chi connectivity index (χ1n) is 4.04. The minimum atomic E-state index is -4.09. The Kier molecular flexibility index (Phi) is 2.82. The van der Waals surface area contributed by atoms with Crippen LogP contribution in [0.3, 0.4) is 0 Å². The summed E-state index contributed by atoms with van der Waals surface area (Å²) in [6, 6.07) is 3.28. The van der Waals surface area contributed by atoms with Crippen LogP contribution in [0.25, 0.3) is 0 Å². The summed E-state index contributed by atoms with van der Waals surface area (Å²) < 4.78 is 29.9. The number of rotatable bonds is 2. The van der Waals surface area contributed by atoms with Gasteiger partial charge in [-0.25, -0.2) is 0 Å². The van der Waals surface area contributed by atoms with Crippen molar-refractivity contribution in [1.82, 2.24) is 0 Å². The Hall–Kier alpha value is -1.07. The van der Waals surface area contributed by atoms with E-state index in [0.717, 1.165) is 5.56 Å². The fraction of sp³-hybridized carbons (Fsp3) is 0.333. The van der Waals surface area contributed by atoms with Crippen molar-refractivity contribution in [3.8, 4) is 5.75 Å². The number of phenols is 1. The van der Waals surface area contributed by atoms with Crippen molar-refractivity contribution in [1.29, 1.82) is 0 Å². The summed E-state index contributed by atoms with van der Waals surface area (Å²) in [4.78, 5) is 0. The lowest BCUT2D eigenvalue weighted by atomic mass is 10.1. The summed E-state index contributed by atoms with van der Waals surface area (Å²) in [5, 5.41) is 9.51. The Morgan fingerprint density at radius 3 is 2.36 bits per heavy atom. The predicted molar refractivity (Wildman–Crippen MR) is 52.8 cm³/mol. The molecule has 0 aromatic heterocycles. The quantitative estimate of drug-likeness (QED) is 0.733. The smallest absolute Gasteiger partial charge is 0.269 e. The molecular formula is C9H12O4S. The van der Waals surface area contributed by atoms with Gasteiger partial charge in [0.25, 0.3) is 10.1 Å². The van der Waals surface area contributed by atoms with Crippen LogP contribution in [0.5, 0.6) is 5.75 Å². The topological polar surface area (TPSA) is 74.6 Å². The molecule has 5 heteroatoms. The molecule has 0 spiro atoms. The molecule has 1 rings (SSSR count). The van der Waals surface area contributed by atoms with E-state index in [1.807, 2.05) is 0 Å². The molecule has 0 bridgehead atoms. The van der Waals surface area contributed by atoms with Crippen molar-refractivity contribution in [3.63, 3.8) is 0 Å². The van der Waals surface area contributed by atoms with Crippen LogP contribution >= 0.6 is 0 Å². The van der Waals surface area contributed by atoms with Crippen LogP contribution in [0.15, 0.2) is 12.1 Å². The van der Waals surface area contributed by atoms with Gasteiger partial charge in [-0.1, -0.05) is 17.7 Å². The third-order valence-corrected chi connectivity index (χ3v) is 2.54. The average Bonchev–Trinajstić information content (AvgIpc) is 1.96. The van der Waals surface area contributed by atoms with E-state index in [4.69, 9.17) is 4.55 Å². The SMILES string of the molecule is Cc1cc(C)c(O)c(CS(=O)(=O)O)c1. The summed E-state index contributed by atoms with van der Waals surface area (Å²) >= 11 is 0. The van der Waals surface area contributed by atoms with Crippen molar-refractivity contribution in [2.75, 3.05) is 0 Å². The van der Waals surface area contributed by atoms with E-state index >= 15 is 0 Å². The van der Waals surface area contributed by atoms with E-state index in [2.05, 4.69) is 0 Å². The van der Waals surface area contributed by atoms with E-state index in [1.54, 1.807) is 19.9 Å². The Labute approximate surface area is 82.9 Å². The molecule has 14 heavy (non-hydrogen) atoms. The van der Waals surface area contributed by atoms with Gasteiger partial charge in [-0.3, -0.25) is 4.55 Å². The number of hydrogen-bond acceptors (Lipinski definition) is 3. The van der Waals surface area contributed by atoms with Crippen molar-refractivity contribution < 1.29 is 18.1 Å². The number of aromatic hydroxyl groups is 1. The van der Waals surface area contributed by atoms with Crippen LogP contribution in [0, 0.1) is 13.8 Å². The molecule has 78 valence electrons. The molecule has 0 aliphatic rings. The van der Waals surface area contributed by atoms with Crippen molar-refractivity contribution >= 4 is 10.1 Å². The summed E-state index contributed by atoms with van der Waals surface area (Å²) in [5.41, 5.74) is 1.67. The second kappa shape index (κ2) is 3.59. The highest BCUT2D eigenvalue weighted by Crippen LogP contribution is 2.25. The maximum Gasteiger partial charge on any atom is 0.269 e. The Morgan fingerprint density at radius 2 is 1.86 bits per heavy atom. The van der Waals surface area contributed by atoms with Gasteiger partial charge >= 0.3 is 0 Å². The Balaban J connectivity index is 3.22. The molecule has 0 amide bonds. The molecule has 2 N–H and O–H groups in total. The lowest BCUT2D eigenvalue weighted by molar-refractivity contribution is 0.458. The highest BCUT2D eigenvalue weighted by Gasteiger charge is 2.12. The van der Waals surface area contributed by atoms with Gasteiger partial charge in [-0.2, -0.15) is 8.42 Å². The zero-order valence-electron chi connectivity index (χ0n) is 7.98. The summed E-state index contributed by atoms with van der Waals surface area (Å²) in [6.45, 7) is 3.47. The molecule has 0 fully saturated rings. The fourth-order valence-electron chi connectivity index (χ4n) is 1.35. The molecule has 0 atom stereocenters. The average molecular weight is 216 g/mol. The molecule has 0 aliphatic carbocycles. The van der Waals surface area contributed by atoms with E-state index in [1.165, 1.54) is 6.07 Å². The van der Waals surface area contributed by atoms with E-state index in [9.17, 15) is 13.5 Å². The lowest BCUT2D eigenvalue weighted by Gasteiger charge is -2.07. The molecule has 0 aliphatic heterocycles. The maximum atomic E-state index is 10.6. The normalized spacial score (nSPS) is 11.6. The van der Waals surface area contributed by atoms with Crippen LogP contribution in [0.2, 0.25) is 0 Å². The largest absolute Gasteiger partial charge is 0.507 e. The minimum absolute atomic E-state index is 0.0757. The first-order valence-corrected chi connectivity index (χ1v) is 5.65. The van der Waals surface area contributed by atoms with Gasteiger partial charge in [0.15, 0.2) is 0 Å². The number of benzene rings is 1. The fourth-order valence-corrected chi connectivity index (χ4v) is 1.97. The number of aryl methyl sites for hydroxylation is 2. The highest BCUT2D eigenvalue weighted by molar-refractivity contribution is 7.85. The van der Waals surface area contributed by atoms with Gasteiger partial charge in [0.1, 0.15) is 11.5 Å². The minimum Gasteiger partial charge on any atom is -0.507 e. The summed E-state index contributed by atoms with van der Waals surface area (Å²) in [7, 11) is -4.09. The van der Waals surface area contributed by atoms with Crippen LogP contribution in [-0.2, 0) is 15.9 Å². The first-order chi connectivity index (χ1) is 6.29. The first kappa shape index (κ1) is 11.0. The van der Waals surface area contributed by atoms with Crippen LogP contribution in [-0.4, -0.2) is 18.1 Å². The van der Waals surface area contributed by atoms with Gasteiger partial charge in [0, 0.05) is 5.56 Å². The zero-order chi connectivity index (χ0) is 10.9. The van der Waals surface area contributed by atoms with Crippen LogP contribution in [0.4, 0.5) is 0 Å². The predicted octanol–water partition coefficient (Wildman–Crippen LogP) is 1.40. The maximum absolute atomic E-state index is 10.6. The van der Waals surface area contributed by atoms with Crippen LogP contribution in [0.1, 0.15) is 16.7 Å². The standard InChI is InChI=1S/C9H12O4S/c1-6-3-7(2)9(10)8(4-6)5-14(11,12)13/h3-4,10H,5H2,1-2H3,(H,11,12,13). The number of hydrogen-bond donors (Lipinski definition) is 2. The summed E-state index contributed by atoms with van der Waals surface area (Å²) in [6.07, 6.45) is 0. The molecule has 4 nitrogen and oxygen atoms in total. The van der Waals surface area contributed by atoms with E-state index in [0.29, 0.717) is 5.56 Å². The molecule has 1 aromatic carbocycles.